The Kier molecular flexibility index (Phi) is 2.99. The van der Waals surface area contributed by atoms with E-state index in [1.807, 2.05) is 31.2 Å². The minimum atomic E-state index is -0.293. The number of amides is 2. The van der Waals surface area contributed by atoms with Crippen LogP contribution in [0.1, 0.15) is 28.5 Å². The number of nitrogens with zero attached hydrogens (tertiary/aromatic N) is 1. The topological polar surface area (TPSA) is 71.5 Å². The van der Waals surface area contributed by atoms with Gasteiger partial charge in [0.2, 0.25) is 0 Å². The molecule has 2 heterocycles. The molecule has 5 heteroatoms. The van der Waals surface area contributed by atoms with Crippen LogP contribution in [-0.4, -0.2) is 18.0 Å². The smallest absolute Gasteiger partial charge is 0.321 e. The van der Waals surface area contributed by atoms with Gasteiger partial charge in [-0.15, -0.1) is 0 Å². The summed E-state index contributed by atoms with van der Waals surface area (Å²) in [6, 6.07) is 7.37. The molecule has 5 nitrogen and oxygen atoms in total. The van der Waals surface area contributed by atoms with Crippen LogP contribution in [-0.2, 0) is 6.54 Å². The molecule has 1 aliphatic rings. The molecule has 0 saturated heterocycles. The minimum Gasteiger partial charge on any atom is -0.467 e. The number of aryl methyl sites for hydroxylation is 1. The first-order chi connectivity index (χ1) is 9.56. The second kappa shape index (κ2) is 4.68. The molecule has 1 atom stereocenters. The molecule has 0 bridgehead atoms. The van der Waals surface area contributed by atoms with E-state index in [2.05, 4.69) is 5.32 Å². The van der Waals surface area contributed by atoms with Crippen LogP contribution in [0.4, 0.5) is 10.5 Å². The number of fused-ring (bicyclic) bond motifs is 1. The molecule has 0 aliphatic carbocycles. The third-order valence-corrected chi connectivity index (χ3v) is 3.67. The molecule has 0 spiro atoms. The van der Waals surface area contributed by atoms with Gasteiger partial charge in [-0.1, -0.05) is 6.07 Å². The Hall–Kier alpha value is -2.27. The number of benzene rings is 1. The van der Waals surface area contributed by atoms with Gasteiger partial charge in [0.15, 0.2) is 0 Å². The molecule has 2 amide bonds. The molecule has 2 aromatic rings. The van der Waals surface area contributed by atoms with Crippen LogP contribution in [0, 0.1) is 6.92 Å². The number of carbonyl (C=O) groups excluding carboxylic acids is 1. The fourth-order valence-corrected chi connectivity index (χ4v) is 2.45. The standard InChI is InChI=1S/C15H17N3O2/c1-9-5-6-20-14(9)13(16)10-3-4-12-11(7-10)8-18(2)15(19)17-12/h3-7,13H,8,16H2,1-2H3,(H,17,19). The van der Waals surface area contributed by atoms with E-state index in [1.54, 1.807) is 18.2 Å². The zero-order valence-electron chi connectivity index (χ0n) is 11.5. The van der Waals surface area contributed by atoms with Crippen molar-refractivity contribution in [2.45, 2.75) is 19.5 Å². The lowest BCUT2D eigenvalue weighted by molar-refractivity contribution is 0.218. The molecule has 0 saturated carbocycles. The second-order valence-electron chi connectivity index (χ2n) is 5.15. The van der Waals surface area contributed by atoms with E-state index in [0.717, 1.165) is 28.1 Å². The lowest BCUT2D eigenvalue weighted by Crippen LogP contribution is -2.35. The van der Waals surface area contributed by atoms with Crippen molar-refractivity contribution in [3.63, 3.8) is 0 Å². The molecule has 3 N–H and O–H groups in total. The second-order valence-corrected chi connectivity index (χ2v) is 5.15. The Bertz CT molecular complexity index is 663. The summed E-state index contributed by atoms with van der Waals surface area (Å²) in [5.41, 5.74) is 10.2. The first-order valence-corrected chi connectivity index (χ1v) is 6.51. The summed E-state index contributed by atoms with van der Waals surface area (Å²) in [4.78, 5) is 13.2. The molecular formula is C15H17N3O2. The van der Waals surface area contributed by atoms with Gasteiger partial charge < -0.3 is 20.4 Å². The molecule has 3 rings (SSSR count). The molecular weight excluding hydrogens is 254 g/mol. The van der Waals surface area contributed by atoms with Crippen LogP contribution in [0.5, 0.6) is 0 Å². The van der Waals surface area contributed by atoms with Crippen molar-refractivity contribution in [3.05, 3.63) is 53.0 Å². The number of hydrogen-bond donors (Lipinski definition) is 2. The van der Waals surface area contributed by atoms with Crippen molar-refractivity contribution in [2.24, 2.45) is 5.73 Å². The number of anilines is 1. The Morgan fingerprint density at radius 3 is 2.90 bits per heavy atom. The van der Waals surface area contributed by atoms with Crippen LogP contribution >= 0.6 is 0 Å². The molecule has 1 aromatic heterocycles. The van der Waals surface area contributed by atoms with E-state index in [9.17, 15) is 4.79 Å². The van der Waals surface area contributed by atoms with Crippen molar-refractivity contribution in [3.8, 4) is 0 Å². The normalized spacial score (nSPS) is 15.8. The molecule has 1 unspecified atom stereocenters. The fraction of sp³-hybridized carbons (Fsp3) is 0.267. The number of carbonyl (C=O) groups is 1. The van der Waals surface area contributed by atoms with E-state index in [-0.39, 0.29) is 12.1 Å². The summed E-state index contributed by atoms with van der Waals surface area (Å²) in [6.07, 6.45) is 1.65. The number of urea groups is 1. The fourth-order valence-electron chi connectivity index (χ4n) is 2.45. The van der Waals surface area contributed by atoms with Gasteiger partial charge in [0.25, 0.3) is 0 Å². The maximum absolute atomic E-state index is 11.6. The molecule has 0 radical (unpaired) electrons. The maximum atomic E-state index is 11.6. The van der Waals surface area contributed by atoms with Gasteiger partial charge in [0.05, 0.1) is 12.3 Å². The van der Waals surface area contributed by atoms with Crippen molar-refractivity contribution in [2.75, 3.05) is 12.4 Å². The molecule has 1 aromatic carbocycles. The van der Waals surface area contributed by atoms with E-state index >= 15 is 0 Å². The largest absolute Gasteiger partial charge is 0.467 e. The highest BCUT2D eigenvalue weighted by atomic mass is 16.3. The third-order valence-electron chi connectivity index (χ3n) is 3.67. The number of rotatable bonds is 2. The van der Waals surface area contributed by atoms with E-state index in [0.29, 0.717) is 6.54 Å². The SMILES string of the molecule is Cc1ccoc1C(N)c1ccc2c(c1)CN(C)C(=O)N2. The van der Waals surface area contributed by atoms with Crippen LogP contribution in [0.25, 0.3) is 0 Å². The number of nitrogens with one attached hydrogen (secondary N) is 1. The molecule has 20 heavy (non-hydrogen) atoms. The summed E-state index contributed by atoms with van der Waals surface area (Å²) in [6.45, 7) is 2.56. The predicted molar refractivity (Wildman–Crippen MR) is 76.4 cm³/mol. The quantitative estimate of drug-likeness (QED) is 0.882. The van der Waals surface area contributed by atoms with Crippen molar-refractivity contribution in [1.29, 1.82) is 0 Å². The van der Waals surface area contributed by atoms with Crippen LogP contribution in [0.15, 0.2) is 34.9 Å². The van der Waals surface area contributed by atoms with Crippen molar-refractivity contribution < 1.29 is 9.21 Å². The highest BCUT2D eigenvalue weighted by Gasteiger charge is 2.21. The van der Waals surface area contributed by atoms with Gasteiger partial charge in [-0.2, -0.15) is 0 Å². The summed E-state index contributed by atoms with van der Waals surface area (Å²) in [5, 5.41) is 2.84. The number of nitrogens with two attached hydrogens (primary N) is 1. The first kappa shape index (κ1) is 12.7. The minimum absolute atomic E-state index is 0.0866. The Labute approximate surface area is 117 Å². The van der Waals surface area contributed by atoms with Crippen molar-refractivity contribution in [1.82, 2.24) is 4.90 Å². The average molecular weight is 271 g/mol. The van der Waals surface area contributed by atoms with E-state index in [4.69, 9.17) is 10.2 Å². The summed E-state index contributed by atoms with van der Waals surface area (Å²) < 4.78 is 5.46. The molecule has 0 fully saturated rings. The van der Waals surface area contributed by atoms with Gasteiger partial charge in [0.1, 0.15) is 5.76 Å². The first-order valence-electron chi connectivity index (χ1n) is 6.51. The zero-order valence-corrected chi connectivity index (χ0v) is 11.5. The van der Waals surface area contributed by atoms with Gasteiger partial charge in [-0.05, 0) is 41.8 Å². The number of furan rings is 1. The van der Waals surface area contributed by atoms with Crippen LogP contribution in [0.2, 0.25) is 0 Å². The zero-order chi connectivity index (χ0) is 14.3. The third kappa shape index (κ3) is 2.06. The van der Waals surface area contributed by atoms with Crippen molar-refractivity contribution >= 4 is 11.7 Å². The Balaban J connectivity index is 1.95. The Morgan fingerprint density at radius 1 is 1.40 bits per heavy atom. The van der Waals surface area contributed by atoms with Crippen LogP contribution < -0.4 is 11.1 Å². The van der Waals surface area contributed by atoms with Gasteiger partial charge in [0, 0.05) is 19.3 Å². The predicted octanol–water partition coefficient (Wildman–Crippen LogP) is 2.61. The lowest BCUT2D eigenvalue weighted by Gasteiger charge is -2.26. The molecule has 1 aliphatic heterocycles. The van der Waals surface area contributed by atoms with Gasteiger partial charge in [-0.25, -0.2) is 4.79 Å². The maximum Gasteiger partial charge on any atom is 0.321 e. The number of hydrogen-bond acceptors (Lipinski definition) is 3. The summed E-state index contributed by atoms with van der Waals surface area (Å²) in [7, 11) is 1.77. The highest BCUT2D eigenvalue weighted by molar-refractivity contribution is 5.92. The molecule has 104 valence electrons. The Morgan fingerprint density at radius 2 is 2.20 bits per heavy atom. The average Bonchev–Trinajstić information content (AvgIpc) is 2.85. The van der Waals surface area contributed by atoms with Gasteiger partial charge >= 0.3 is 6.03 Å². The van der Waals surface area contributed by atoms with Crippen LogP contribution in [0.3, 0.4) is 0 Å². The van der Waals surface area contributed by atoms with Gasteiger partial charge in [-0.3, -0.25) is 0 Å². The van der Waals surface area contributed by atoms with E-state index < -0.39 is 0 Å². The highest BCUT2D eigenvalue weighted by Crippen LogP contribution is 2.29. The monoisotopic (exact) mass is 271 g/mol. The lowest BCUT2D eigenvalue weighted by atomic mass is 9.99. The van der Waals surface area contributed by atoms with E-state index in [1.165, 1.54) is 0 Å². The summed E-state index contributed by atoms with van der Waals surface area (Å²) >= 11 is 0. The summed E-state index contributed by atoms with van der Waals surface area (Å²) in [5.74, 6) is 0.776.